The minimum absolute atomic E-state index is 0.0893. The van der Waals surface area contributed by atoms with Gasteiger partial charge in [-0.25, -0.2) is 0 Å². The van der Waals surface area contributed by atoms with Crippen LogP contribution in [0.3, 0.4) is 0 Å². The summed E-state index contributed by atoms with van der Waals surface area (Å²) in [7, 11) is 0. The first-order valence-electron chi connectivity index (χ1n) is 7.07. The molecule has 1 aliphatic rings. The van der Waals surface area contributed by atoms with Gasteiger partial charge in [0.2, 0.25) is 0 Å². The molecular weight excluding hydrogens is 208 g/mol. The van der Waals surface area contributed by atoms with E-state index in [-0.39, 0.29) is 5.60 Å². The van der Waals surface area contributed by atoms with Gasteiger partial charge in [0.1, 0.15) is 5.60 Å². The summed E-state index contributed by atoms with van der Waals surface area (Å²) in [4.78, 5) is 0. The van der Waals surface area contributed by atoms with Crippen LogP contribution in [0.4, 0.5) is 0 Å². The molecule has 1 aliphatic heterocycles. The van der Waals surface area contributed by atoms with E-state index in [1.54, 1.807) is 0 Å². The van der Waals surface area contributed by atoms with Crippen LogP contribution < -0.4 is 0 Å². The molecule has 2 rings (SSSR count). The van der Waals surface area contributed by atoms with Crippen molar-refractivity contribution in [3.8, 4) is 0 Å². The molecular formula is C16H24O. The Kier molecular flexibility index (Phi) is 4.61. The highest BCUT2D eigenvalue weighted by Gasteiger charge is 2.45. The van der Waals surface area contributed by atoms with Crippen molar-refractivity contribution in [2.75, 3.05) is 6.61 Å². The van der Waals surface area contributed by atoms with E-state index in [9.17, 15) is 0 Å². The molecule has 1 heteroatoms. The number of ether oxygens (including phenoxy) is 1. The summed E-state index contributed by atoms with van der Waals surface area (Å²) in [6.45, 7) is 3.19. The van der Waals surface area contributed by atoms with E-state index in [0.29, 0.717) is 0 Å². The summed E-state index contributed by atoms with van der Waals surface area (Å²) in [5.41, 5.74) is 1.46. The van der Waals surface area contributed by atoms with Crippen LogP contribution >= 0.6 is 0 Å². The summed E-state index contributed by atoms with van der Waals surface area (Å²) in [5.74, 6) is 0. The molecule has 1 heterocycles. The number of rotatable bonds is 8. The van der Waals surface area contributed by atoms with E-state index >= 15 is 0 Å². The molecule has 1 fully saturated rings. The van der Waals surface area contributed by atoms with Gasteiger partial charge in [-0.3, -0.25) is 0 Å². The fourth-order valence-corrected chi connectivity index (χ4v) is 2.48. The molecule has 17 heavy (non-hydrogen) atoms. The smallest absolute Gasteiger partial charge is 0.117 e. The van der Waals surface area contributed by atoms with Gasteiger partial charge in [-0.2, -0.15) is 0 Å². The first-order chi connectivity index (χ1) is 8.37. The molecule has 1 aromatic carbocycles. The van der Waals surface area contributed by atoms with Crippen molar-refractivity contribution in [2.45, 2.75) is 57.5 Å². The van der Waals surface area contributed by atoms with Crippen LogP contribution in [0.5, 0.6) is 0 Å². The first-order valence-corrected chi connectivity index (χ1v) is 7.07. The molecule has 1 atom stereocenters. The molecule has 0 aromatic heterocycles. The van der Waals surface area contributed by atoms with Crippen LogP contribution in [0, 0.1) is 0 Å². The maximum absolute atomic E-state index is 5.71. The highest BCUT2D eigenvalue weighted by Crippen LogP contribution is 2.43. The lowest BCUT2D eigenvalue weighted by Gasteiger charge is -2.11. The molecule has 1 saturated heterocycles. The van der Waals surface area contributed by atoms with Gasteiger partial charge in [0.15, 0.2) is 0 Å². The average molecular weight is 232 g/mol. The van der Waals surface area contributed by atoms with Crippen molar-refractivity contribution in [2.24, 2.45) is 0 Å². The minimum atomic E-state index is 0.0893. The zero-order valence-electron chi connectivity index (χ0n) is 11.0. The van der Waals surface area contributed by atoms with Crippen molar-refractivity contribution in [1.82, 2.24) is 0 Å². The van der Waals surface area contributed by atoms with Crippen LogP contribution in [-0.2, 0) is 10.3 Å². The van der Waals surface area contributed by atoms with Crippen molar-refractivity contribution >= 4 is 0 Å². The summed E-state index contributed by atoms with van der Waals surface area (Å²) < 4.78 is 5.71. The zero-order chi connectivity index (χ0) is 12.0. The van der Waals surface area contributed by atoms with Gasteiger partial charge in [0.25, 0.3) is 0 Å². The van der Waals surface area contributed by atoms with Crippen LogP contribution in [0.2, 0.25) is 0 Å². The lowest BCUT2D eigenvalue weighted by molar-refractivity contribution is 0.285. The van der Waals surface area contributed by atoms with Gasteiger partial charge in [-0.1, -0.05) is 75.8 Å². The Morgan fingerprint density at radius 3 is 2.29 bits per heavy atom. The van der Waals surface area contributed by atoms with Gasteiger partial charge in [-0.05, 0) is 12.0 Å². The summed E-state index contributed by atoms with van der Waals surface area (Å²) in [5, 5.41) is 0. The SMILES string of the molecule is CCCCCCCCC1(c2ccccc2)CO1. The summed E-state index contributed by atoms with van der Waals surface area (Å²) >= 11 is 0. The third-order valence-corrected chi connectivity index (χ3v) is 3.73. The Morgan fingerprint density at radius 2 is 1.65 bits per heavy atom. The van der Waals surface area contributed by atoms with Gasteiger partial charge in [0, 0.05) is 0 Å². The summed E-state index contributed by atoms with van der Waals surface area (Å²) in [6.07, 6.45) is 9.37. The van der Waals surface area contributed by atoms with Crippen molar-refractivity contribution in [3.05, 3.63) is 35.9 Å². The largest absolute Gasteiger partial charge is 0.365 e. The third-order valence-electron chi connectivity index (χ3n) is 3.73. The van der Waals surface area contributed by atoms with E-state index < -0.39 is 0 Å². The summed E-state index contributed by atoms with van der Waals surface area (Å²) in [6, 6.07) is 10.7. The van der Waals surface area contributed by atoms with Crippen LogP contribution in [0.25, 0.3) is 0 Å². The monoisotopic (exact) mass is 232 g/mol. The number of benzene rings is 1. The van der Waals surface area contributed by atoms with Crippen molar-refractivity contribution in [1.29, 1.82) is 0 Å². The van der Waals surface area contributed by atoms with Crippen molar-refractivity contribution < 1.29 is 4.74 Å². The van der Waals surface area contributed by atoms with Crippen LogP contribution in [-0.4, -0.2) is 6.61 Å². The Morgan fingerprint density at radius 1 is 1.00 bits per heavy atom. The third kappa shape index (κ3) is 3.57. The predicted octanol–water partition coefficient (Wildman–Crippen LogP) is 4.66. The minimum Gasteiger partial charge on any atom is -0.365 e. The molecule has 1 unspecified atom stereocenters. The molecule has 0 N–H and O–H groups in total. The Hall–Kier alpha value is -0.820. The van der Waals surface area contributed by atoms with Gasteiger partial charge < -0.3 is 4.74 Å². The number of epoxide rings is 1. The second-order valence-corrected chi connectivity index (χ2v) is 5.17. The predicted molar refractivity (Wildman–Crippen MR) is 72.1 cm³/mol. The Labute approximate surface area is 105 Å². The van der Waals surface area contributed by atoms with Gasteiger partial charge in [0.05, 0.1) is 6.61 Å². The zero-order valence-corrected chi connectivity index (χ0v) is 11.0. The highest BCUT2D eigenvalue weighted by atomic mass is 16.6. The molecule has 1 nitrogen and oxygen atoms in total. The lowest BCUT2D eigenvalue weighted by atomic mass is 9.93. The fraction of sp³-hybridized carbons (Fsp3) is 0.625. The fourth-order valence-electron chi connectivity index (χ4n) is 2.48. The standard InChI is InChI=1S/C16H24O/c1-2-3-4-5-6-10-13-16(14-17-16)15-11-8-7-9-12-15/h7-9,11-12H,2-6,10,13-14H2,1H3. The molecule has 0 amide bonds. The lowest BCUT2D eigenvalue weighted by Crippen LogP contribution is -2.08. The highest BCUT2D eigenvalue weighted by molar-refractivity contribution is 5.26. The normalized spacial score (nSPS) is 22.6. The molecule has 94 valence electrons. The molecule has 0 aliphatic carbocycles. The second kappa shape index (κ2) is 6.20. The second-order valence-electron chi connectivity index (χ2n) is 5.17. The molecule has 0 bridgehead atoms. The van der Waals surface area contributed by atoms with Crippen LogP contribution in [0.1, 0.15) is 57.4 Å². The first kappa shape index (κ1) is 12.6. The molecule has 0 saturated carbocycles. The van der Waals surface area contributed by atoms with Crippen molar-refractivity contribution in [3.63, 3.8) is 0 Å². The Balaban J connectivity index is 1.69. The van der Waals surface area contributed by atoms with E-state index in [1.165, 1.54) is 50.5 Å². The molecule has 0 radical (unpaired) electrons. The topological polar surface area (TPSA) is 12.5 Å². The number of hydrogen-bond acceptors (Lipinski definition) is 1. The molecule has 0 spiro atoms. The number of unbranched alkanes of at least 4 members (excludes halogenated alkanes) is 5. The molecule has 1 aromatic rings. The van der Waals surface area contributed by atoms with E-state index in [1.807, 2.05) is 0 Å². The average Bonchev–Trinajstić information content (AvgIpc) is 3.16. The maximum Gasteiger partial charge on any atom is 0.117 e. The van der Waals surface area contributed by atoms with Crippen LogP contribution in [0.15, 0.2) is 30.3 Å². The van der Waals surface area contributed by atoms with E-state index in [2.05, 4.69) is 37.3 Å². The van der Waals surface area contributed by atoms with E-state index in [4.69, 9.17) is 4.74 Å². The number of hydrogen-bond donors (Lipinski definition) is 0. The van der Waals surface area contributed by atoms with E-state index in [0.717, 1.165) is 6.61 Å². The Bertz CT molecular complexity index is 314. The maximum atomic E-state index is 5.71. The van der Waals surface area contributed by atoms with Gasteiger partial charge in [-0.15, -0.1) is 0 Å². The quantitative estimate of drug-likeness (QED) is 0.469. The van der Waals surface area contributed by atoms with Gasteiger partial charge >= 0.3 is 0 Å².